The first-order valence-corrected chi connectivity index (χ1v) is 8.92. The highest BCUT2D eigenvalue weighted by Crippen LogP contribution is 2.30. The largest absolute Gasteiger partial charge is 0.490 e. The van der Waals surface area contributed by atoms with Gasteiger partial charge in [-0.2, -0.15) is 5.26 Å². The number of ether oxygens (including phenoxy) is 2. The molecule has 1 amide bonds. The van der Waals surface area contributed by atoms with Crippen LogP contribution in [0, 0.1) is 11.3 Å². The maximum absolute atomic E-state index is 12.3. The average Bonchev–Trinajstić information content (AvgIpc) is 2.64. The number of carbonyl (C=O) groups excluding carboxylic acids is 1. The molecule has 27 heavy (non-hydrogen) atoms. The Morgan fingerprint density at radius 3 is 2.56 bits per heavy atom. The number of amides is 1. The summed E-state index contributed by atoms with van der Waals surface area (Å²) >= 11 is 0. The Hall–Kier alpha value is -3.04. The molecule has 2 aromatic rings. The number of rotatable bonds is 9. The van der Waals surface area contributed by atoms with E-state index >= 15 is 0 Å². The van der Waals surface area contributed by atoms with Gasteiger partial charge in [-0.05, 0) is 50.7 Å². The summed E-state index contributed by atoms with van der Waals surface area (Å²) < 4.78 is 11.1. The lowest BCUT2D eigenvalue weighted by Gasteiger charge is -2.17. The minimum Gasteiger partial charge on any atom is -0.490 e. The Balaban J connectivity index is 1.96. The van der Waals surface area contributed by atoms with Crippen LogP contribution in [0.15, 0.2) is 42.5 Å². The van der Waals surface area contributed by atoms with E-state index in [1.807, 2.05) is 44.0 Å². The standard InChI is InChI=1S/C21H25N3O3/c1-4-26-19-10-9-18(12-20(19)27-5-2)23-21(25)15-24(3)14-17-8-6-7-16(11-17)13-22/h6-12H,4-5,14-15H2,1-3H3,(H,23,25). The molecule has 0 heterocycles. The SMILES string of the molecule is CCOc1ccc(NC(=O)CN(C)Cc2cccc(C#N)c2)cc1OCC. The van der Waals surface area contributed by atoms with Crippen LogP contribution in [0.25, 0.3) is 0 Å². The number of benzene rings is 2. The minimum atomic E-state index is -0.124. The summed E-state index contributed by atoms with van der Waals surface area (Å²) in [5.74, 6) is 1.14. The minimum absolute atomic E-state index is 0.124. The molecule has 2 rings (SSSR count). The van der Waals surface area contributed by atoms with Gasteiger partial charge >= 0.3 is 0 Å². The molecule has 0 saturated heterocycles. The van der Waals surface area contributed by atoms with Gasteiger partial charge in [0.2, 0.25) is 5.91 Å². The van der Waals surface area contributed by atoms with Crippen LogP contribution in [0.2, 0.25) is 0 Å². The molecule has 0 saturated carbocycles. The third-order valence-electron chi connectivity index (χ3n) is 3.75. The molecule has 0 bridgehead atoms. The quantitative estimate of drug-likeness (QED) is 0.735. The second-order valence-electron chi connectivity index (χ2n) is 6.06. The number of nitrogens with zero attached hydrogens (tertiary/aromatic N) is 2. The van der Waals surface area contributed by atoms with E-state index in [1.165, 1.54) is 0 Å². The molecule has 0 fully saturated rings. The van der Waals surface area contributed by atoms with Crippen molar-refractivity contribution in [3.8, 4) is 17.6 Å². The summed E-state index contributed by atoms with van der Waals surface area (Å²) in [4.78, 5) is 14.2. The highest BCUT2D eigenvalue weighted by atomic mass is 16.5. The maximum Gasteiger partial charge on any atom is 0.238 e. The van der Waals surface area contributed by atoms with Crippen molar-refractivity contribution in [1.82, 2.24) is 4.90 Å². The lowest BCUT2D eigenvalue weighted by Crippen LogP contribution is -2.29. The second-order valence-corrected chi connectivity index (χ2v) is 6.06. The predicted molar refractivity (Wildman–Crippen MR) is 105 cm³/mol. The van der Waals surface area contributed by atoms with Gasteiger partial charge in [-0.3, -0.25) is 9.69 Å². The fourth-order valence-electron chi connectivity index (χ4n) is 2.68. The smallest absolute Gasteiger partial charge is 0.238 e. The molecular formula is C21H25N3O3. The van der Waals surface area contributed by atoms with Crippen LogP contribution < -0.4 is 14.8 Å². The van der Waals surface area contributed by atoms with Crippen molar-refractivity contribution in [3.05, 3.63) is 53.6 Å². The lowest BCUT2D eigenvalue weighted by molar-refractivity contribution is -0.117. The van der Waals surface area contributed by atoms with Gasteiger partial charge in [0.15, 0.2) is 11.5 Å². The Labute approximate surface area is 160 Å². The van der Waals surface area contributed by atoms with E-state index in [0.29, 0.717) is 42.5 Å². The lowest BCUT2D eigenvalue weighted by atomic mass is 10.1. The molecule has 0 atom stereocenters. The normalized spacial score (nSPS) is 10.3. The van der Waals surface area contributed by atoms with Gasteiger partial charge in [0.05, 0.1) is 31.4 Å². The number of hydrogen-bond acceptors (Lipinski definition) is 5. The first-order chi connectivity index (χ1) is 13.0. The Bertz CT molecular complexity index is 815. The van der Waals surface area contributed by atoms with Crippen molar-refractivity contribution in [2.75, 3.05) is 32.1 Å². The molecule has 2 aromatic carbocycles. The van der Waals surface area contributed by atoms with Crippen molar-refractivity contribution in [3.63, 3.8) is 0 Å². The van der Waals surface area contributed by atoms with Crippen LogP contribution >= 0.6 is 0 Å². The number of nitrogens with one attached hydrogen (secondary N) is 1. The van der Waals surface area contributed by atoms with Gasteiger partial charge in [-0.15, -0.1) is 0 Å². The van der Waals surface area contributed by atoms with Crippen molar-refractivity contribution in [1.29, 1.82) is 5.26 Å². The first-order valence-electron chi connectivity index (χ1n) is 8.92. The van der Waals surface area contributed by atoms with Gasteiger partial charge in [0.1, 0.15) is 0 Å². The first kappa shape index (κ1) is 20.3. The molecule has 0 aromatic heterocycles. The Morgan fingerprint density at radius 1 is 1.11 bits per heavy atom. The van der Waals surface area contributed by atoms with Crippen LogP contribution in [0.1, 0.15) is 25.0 Å². The predicted octanol–water partition coefficient (Wildman–Crippen LogP) is 3.43. The highest BCUT2D eigenvalue weighted by molar-refractivity contribution is 5.92. The van der Waals surface area contributed by atoms with Crippen LogP contribution in [-0.4, -0.2) is 37.6 Å². The fourth-order valence-corrected chi connectivity index (χ4v) is 2.68. The molecule has 0 aliphatic heterocycles. The number of carbonyl (C=O) groups is 1. The number of nitriles is 1. The molecule has 0 aliphatic carbocycles. The van der Waals surface area contributed by atoms with Crippen molar-refractivity contribution in [2.45, 2.75) is 20.4 Å². The third kappa shape index (κ3) is 6.32. The topological polar surface area (TPSA) is 74.6 Å². The summed E-state index contributed by atoms with van der Waals surface area (Å²) in [5, 5.41) is 11.9. The van der Waals surface area contributed by atoms with E-state index in [-0.39, 0.29) is 12.5 Å². The molecule has 1 N–H and O–H groups in total. The van der Waals surface area contributed by atoms with Crippen molar-refractivity contribution in [2.24, 2.45) is 0 Å². The Kier molecular flexibility index (Phi) is 7.65. The molecule has 0 spiro atoms. The van der Waals surface area contributed by atoms with Gasteiger partial charge in [0.25, 0.3) is 0 Å². The van der Waals surface area contributed by atoms with E-state index in [1.54, 1.807) is 24.3 Å². The van der Waals surface area contributed by atoms with Gasteiger partial charge < -0.3 is 14.8 Å². The van der Waals surface area contributed by atoms with Crippen LogP contribution in [0.4, 0.5) is 5.69 Å². The van der Waals surface area contributed by atoms with Crippen molar-refractivity contribution < 1.29 is 14.3 Å². The van der Waals surface area contributed by atoms with Gasteiger partial charge in [0, 0.05) is 18.3 Å². The zero-order valence-electron chi connectivity index (χ0n) is 16.0. The van der Waals surface area contributed by atoms with Gasteiger partial charge in [-0.25, -0.2) is 0 Å². The van der Waals surface area contributed by atoms with Crippen LogP contribution in [0.3, 0.4) is 0 Å². The van der Waals surface area contributed by atoms with Crippen LogP contribution in [0.5, 0.6) is 11.5 Å². The number of hydrogen-bond donors (Lipinski definition) is 1. The molecule has 6 nitrogen and oxygen atoms in total. The molecule has 6 heteroatoms. The summed E-state index contributed by atoms with van der Waals surface area (Å²) in [6, 6.07) is 14.9. The molecule has 0 unspecified atom stereocenters. The van der Waals surface area contributed by atoms with E-state index < -0.39 is 0 Å². The third-order valence-corrected chi connectivity index (χ3v) is 3.75. The van der Waals surface area contributed by atoms with E-state index in [0.717, 1.165) is 5.56 Å². The summed E-state index contributed by atoms with van der Waals surface area (Å²) in [6.07, 6.45) is 0. The monoisotopic (exact) mass is 367 g/mol. The van der Waals surface area contributed by atoms with E-state index in [9.17, 15) is 4.79 Å². The van der Waals surface area contributed by atoms with Crippen molar-refractivity contribution >= 4 is 11.6 Å². The zero-order valence-corrected chi connectivity index (χ0v) is 16.0. The average molecular weight is 367 g/mol. The summed E-state index contributed by atoms with van der Waals surface area (Å²) in [5.41, 5.74) is 2.26. The molecule has 0 aliphatic rings. The second kappa shape index (κ2) is 10.2. The van der Waals surface area contributed by atoms with Crippen LogP contribution in [-0.2, 0) is 11.3 Å². The number of likely N-dealkylation sites (N-methyl/N-ethyl adjacent to an activating group) is 1. The Morgan fingerprint density at radius 2 is 1.85 bits per heavy atom. The number of anilines is 1. The molecular weight excluding hydrogens is 342 g/mol. The van der Waals surface area contributed by atoms with Gasteiger partial charge in [-0.1, -0.05) is 12.1 Å². The fraction of sp³-hybridized carbons (Fsp3) is 0.333. The van der Waals surface area contributed by atoms with E-state index in [4.69, 9.17) is 14.7 Å². The van der Waals surface area contributed by atoms with E-state index in [2.05, 4.69) is 11.4 Å². The zero-order chi connectivity index (χ0) is 19.6. The molecule has 0 radical (unpaired) electrons. The molecule has 142 valence electrons. The maximum atomic E-state index is 12.3. The summed E-state index contributed by atoms with van der Waals surface area (Å²) in [7, 11) is 1.86. The highest BCUT2D eigenvalue weighted by Gasteiger charge is 2.11. The summed E-state index contributed by atoms with van der Waals surface area (Å²) in [6.45, 7) is 5.68.